The molecule has 19 heavy (non-hydrogen) atoms. The van der Waals surface area contributed by atoms with Crippen LogP contribution in [-0.2, 0) is 6.54 Å². The first-order valence-corrected chi connectivity index (χ1v) is 6.08. The van der Waals surface area contributed by atoms with Crippen molar-refractivity contribution in [2.75, 3.05) is 6.67 Å². The maximum Gasteiger partial charge on any atom is 0.116 e. The zero-order chi connectivity index (χ0) is 13.2. The largest absolute Gasteiger partial charge is 0.508 e. The molecule has 0 unspecified atom stereocenters. The molecule has 0 atom stereocenters. The van der Waals surface area contributed by atoms with Crippen molar-refractivity contribution in [1.82, 2.24) is 9.78 Å². The predicted octanol–water partition coefficient (Wildman–Crippen LogP) is 3.38. The van der Waals surface area contributed by atoms with Crippen molar-refractivity contribution < 1.29 is 9.50 Å². The number of benzene rings is 2. The lowest BCUT2D eigenvalue weighted by atomic mass is 10.0. The van der Waals surface area contributed by atoms with Crippen LogP contribution in [0.1, 0.15) is 0 Å². The van der Waals surface area contributed by atoms with Crippen molar-refractivity contribution in [1.29, 1.82) is 0 Å². The van der Waals surface area contributed by atoms with Gasteiger partial charge in [-0.2, -0.15) is 5.10 Å². The van der Waals surface area contributed by atoms with E-state index in [4.69, 9.17) is 0 Å². The van der Waals surface area contributed by atoms with Crippen molar-refractivity contribution >= 4 is 10.8 Å². The van der Waals surface area contributed by atoms with Crippen molar-refractivity contribution in [3.05, 3.63) is 48.8 Å². The minimum Gasteiger partial charge on any atom is -0.508 e. The van der Waals surface area contributed by atoms with Gasteiger partial charge in [0.2, 0.25) is 0 Å². The number of hydrogen-bond acceptors (Lipinski definition) is 2. The van der Waals surface area contributed by atoms with Crippen LogP contribution in [0, 0.1) is 0 Å². The summed E-state index contributed by atoms with van der Waals surface area (Å²) in [5, 5.41) is 15.6. The Balaban J connectivity index is 2.02. The van der Waals surface area contributed by atoms with E-state index in [0.717, 1.165) is 21.9 Å². The second-order valence-corrected chi connectivity index (χ2v) is 4.43. The Kier molecular flexibility index (Phi) is 2.91. The summed E-state index contributed by atoms with van der Waals surface area (Å²) in [6.45, 7) is -0.139. The molecule has 1 aromatic heterocycles. The summed E-state index contributed by atoms with van der Waals surface area (Å²) >= 11 is 0. The lowest BCUT2D eigenvalue weighted by Gasteiger charge is -2.02. The standard InChI is InChI=1S/C15H13FN2O/c16-5-6-18-10-14(9-17-18)12-1-2-13-8-15(19)4-3-11(13)7-12/h1-4,7-10,19H,5-6H2. The fraction of sp³-hybridized carbons (Fsp3) is 0.133. The van der Waals surface area contributed by atoms with E-state index in [1.165, 1.54) is 0 Å². The summed E-state index contributed by atoms with van der Waals surface area (Å²) in [5.41, 5.74) is 1.99. The maximum absolute atomic E-state index is 12.3. The van der Waals surface area contributed by atoms with Gasteiger partial charge < -0.3 is 5.11 Å². The summed E-state index contributed by atoms with van der Waals surface area (Å²) in [7, 11) is 0. The molecule has 4 heteroatoms. The molecule has 0 spiro atoms. The maximum atomic E-state index is 12.3. The Morgan fingerprint density at radius 3 is 2.68 bits per heavy atom. The van der Waals surface area contributed by atoms with Gasteiger partial charge in [-0.15, -0.1) is 0 Å². The number of aryl methyl sites for hydroxylation is 1. The number of fused-ring (bicyclic) bond motifs is 1. The molecule has 1 heterocycles. The Morgan fingerprint density at radius 1 is 1.05 bits per heavy atom. The summed E-state index contributed by atoms with van der Waals surface area (Å²) in [6, 6.07) is 11.2. The highest BCUT2D eigenvalue weighted by atomic mass is 19.1. The minimum absolute atomic E-state index is 0.260. The lowest BCUT2D eigenvalue weighted by molar-refractivity contribution is 0.427. The first-order valence-electron chi connectivity index (χ1n) is 6.08. The third kappa shape index (κ3) is 2.29. The molecule has 0 amide bonds. The molecule has 96 valence electrons. The van der Waals surface area contributed by atoms with Crippen LogP contribution in [-0.4, -0.2) is 21.6 Å². The van der Waals surface area contributed by atoms with E-state index in [-0.39, 0.29) is 12.3 Å². The van der Waals surface area contributed by atoms with Gasteiger partial charge in [-0.25, -0.2) is 4.39 Å². The average molecular weight is 256 g/mol. The van der Waals surface area contributed by atoms with Crippen molar-refractivity contribution in [3.8, 4) is 16.9 Å². The van der Waals surface area contributed by atoms with Crippen LogP contribution < -0.4 is 0 Å². The van der Waals surface area contributed by atoms with Gasteiger partial charge >= 0.3 is 0 Å². The highest BCUT2D eigenvalue weighted by Crippen LogP contribution is 2.26. The summed E-state index contributed by atoms with van der Waals surface area (Å²) in [5.74, 6) is 0.260. The molecule has 0 radical (unpaired) electrons. The van der Waals surface area contributed by atoms with E-state index >= 15 is 0 Å². The van der Waals surface area contributed by atoms with Crippen LogP contribution in [0.5, 0.6) is 5.75 Å². The monoisotopic (exact) mass is 256 g/mol. The average Bonchev–Trinajstić information content (AvgIpc) is 2.87. The molecule has 0 saturated carbocycles. The van der Waals surface area contributed by atoms with Crippen LogP contribution in [0.15, 0.2) is 48.8 Å². The number of aromatic hydroxyl groups is 1. The van der Waals surface area contributed by atoms with Crippen LogP contribution in [0.2, 0.25) is 0 Å². The fourth-order valence-electron chi connectivity index (χ4n) is 2.13. The molecular formula is C15H13FN2O. The Hall–Kier alpha value is -2.36. The fourth-order valence-corrected chi connectivity index (χ4v) is 2.13. The van der Waals surface area contributed by atoms with Crippen molar-refractivity contribution in [2.45, 2.75) is 6.54 Å². The van der Waals surface area contributed by atoms with Gasteiger partial charge in [0.15, 0.2) is 0 Å². The first kappa shape index (κ1) is 11.7. The molecule has 1 N–H and O–H groups in total. The number of rotatable bonds is 3. The Labute approximate surface area is 109 Å². The Morgan fingerprint density at radius 2 is 1.84 bits per heavy atom. The van der Waals surface area contributed by atoms with E-state index in [0.29, 0.717) is 0 Å². The normalized spacial score (nSPS) is 11.0. The Bertz CT molecular complexity index is 721. The SMILES string of the molecule is Oc1ccc2cc(-c3cnn(CCF)c3)ccc2c1. The van der Waals surface area contributed by atoms with E-state index in [2.05, 4.69) is 5.10 Å². The molecule has 0 saturated heterocycles. The summed E-state index contributed by atoms with van der Waals surface area (Å²) in [6.07, 6.45) is 3.57. The van der Waals surface area contributed by atoms with Gasteiger partial charge in [-0.1, -0.05) is 18.2 Å². The van der Waals surface area contributed by atoms with Gasteiger partial charge in [-0.05, 0) is 34.5 Å². The number of phenolic OH excluding ortho intramolecular Hbond substituents is 1. The zero-order valence-corrected chi connectivity index (χ0v) is 10.3. The van der Waals surface area contributed by atoms with Gasteiger partial charge in [0, 0.05) is 11.8 Å². The van der Waals surface area contributed by atoms with Gasteiger partial charge in [0.25, 0.3) is 0 Å². The summed E-state index contributed by atoms with van der Waals surface area (Å²) < 4.78 is 13.8. The second kappa shape index (κ2) is 4.72. The molecule has 0 aliphatic heterocycles. The minimum atomic E-state index is -0.419. The molecule has 0 fully saturated rings. The van der Waals surface area contributed by atoms with Crippen LogP contribution in [0.25, 0.3) is 21.9 Å². The van der Waals surface area contributed by atoms with Crippen molar-refractivity contribution in [2.24, 2.45) is 0 Å². The van der Waals surface area contributed by atoms with E-state index in [1.54, 1.807) is 23.0 Å². The zero-order valence-electron chi connectivity index (χ0n) is 10.3. The first-order chi connectivity index (χ1) is 9.26. The van der Waals surface area contributed by atoms with Gasteiger partial charge in [0.1, 0.15) is 12.4 Å². The van der Waals surface area contributed by atoms with Crippen molar-refractivity contribution in [3.63, 3.8) is 0 Å². The molecule has 0 bridgehead atoms. The van der Waals surface area contributed by atoms with Gasteiger partial charge in [-0.3, -0.25) is 4.68 Å². The third-order valence-corrected chi connectivity index (χ3v) is 3.10. The molecule has 3 rings (SSSR count). The molecule has 3 nitrogen and oxygen atoms in total. The van der Waals surface area contributed by atoms with E-state index in [1.807, 2.05) is 30.5 Å². The molecule has 0 aliphatic rings. The highest BCUT2D eigenvalue weighted by molar-refractivity contribution is 5.88. The van der Waals surface area contributed by atoms with Crippen LogP contribution in [0.3, 0.4) is 0 Å². The predicted molar refractivity (Wildman–Crippen MR) is 72.8 cm³/mol. The number of nitrogens with zero attached hydrogens (tertiary/aromatic N) is 2. The number of phenols is 1. The number of alkyl halides is 1. The third-order valence-electron chi connectivity index (χ3n) is 3.10. The topological polar surface area (TPSA) is 38.1 Å². The highest BCUT2D eigenvalue weighted by Gasteiger charge is 2.03. The lowest BCUT2D eigenvalue weighted by Crippen LogP contribution is -1.98. The quantitative estimate of drug-likeness (QED) is 0.780. The molecule has 3 aromatic rings. The molecular weight excluding hydrogens is 243 g/mol. The number of hydrogen-bond donors (Lipinski definition) is 1. The molecule has 2 aromatic carbocycles. The van der Waals surface area contributed by atoms with Gasteiger partial charge in [0.05, 0.1) is 12.7 Å². The smallest absolute Gasteiger partial charge is 0.116 e. The van der Waals surface area contributed by atoms with E-state index in [9.17, 15) is 9.50 Å². The molecule has 0 aliphatic carbocycles. The van der Waals surface area contributed by atoms with Crippen LogP contribution >= 0.6 is 0 Å². The van der Waals surface area contributed by atoms with E-state index < -0.39 is 6.67 Å². The summed E-state index contributed by atoms with van der Waals surface area (Å²) in [4.78, 5) is 0. The number of aromatic nitrogens is 2. The second-order valence-electron chi connectivity index (χ2n) is 4.43. The number of halogens is 1. The van der Waals surface area contributed by atoms with Crippen LogP contribution in [0.4, 0.5) is 4.39 Å².